The zero-order chi connectivity index (χ0) is 22.1. The highest BCUT2D eigenvalue weighted by Crippen LogP contribution is 2.43. The Morgan fingerprint density at radius 2 is 1.78 bits per heavy atom. The Balaban J connectivity index is 1.57. The maximum Gasteiger partial charge on any atom is 0.174 e. The number of nitrogens with zero attached hydrogens (tertiary/aromatic N) is 2. The fraction of sp³-hybridized carbons (Fsp3) is 0.154. The summed E-state index contributed by atoms with van der Waals surface area (Å²) >= 11 is 9.29. The van der Waals surface area contributed by atoms with E-state index < -0.39 is 0 Å². The van der Waals surface area contributed by atoms with Crippen molar-refractivity contribution in [3.05, 3.63) is 107 Å². The molecule has 5 rings (SSSR count). The Labute approximate surface area is 201 Å². The van der Waals surface area contributed by atoms with Crippen LogP contribution in [-0.2, 0) is 6.42 Å². The maximum absolute atomic E-state index is 6.41. The molecule has 6 heteroatoms. The number of hydrogen-bond acceptors (Lipinski definition) is 3. The number of furan rings is 1. The summed E-state index contributed by atoms with van der Waals surface area (Å²) in [5, 5.41) is 4.14. The molecular weight excluding hydrogens is 482 g/mol. The molecule has 4 nitrogen and oxygen atoms in total. The summed E-state index contributed by atoms with van der Waals surface area (Å²) in [6.45, 7) is 2.16. The number of pyridine rings is 1. The predicted octanol–water partition coefficient (Wildman–Crippen LogP) is 6.84. The third kappa shape index (κ3) is 3.96. The minimum absolute atomic E-state index is 0.126. The molecule has 32 heavy (non-hydrogen) atoms. The molecule has 2 aromatic carbocycles. The number of benzene rings is 2. The van der Waals surface area contributed by atoms with Crippen LogP contribution in [0.4, 0.5) is 5.69 Å². The van der Waals surface area contributed by atoms with Crippen LogP contribution in [0, 0.1) is 0 Å². The quantitative estimate of drug-likeness (QED) is 0.301. The molecule has 0 spiro atoms. The summed E-state index contributed by atoms with van der Waals surface area (Å²) in [5.74, 6) is 1.66. The molecule has 2 atom stereocenters. The molecule has 1 saturated heterocycles. The van der Waals surface area contributed by atoms with Gasteiger partial charge in [0, 0.05) is 21.9 Å². The van der Waals surface area contributed by atoms with Crippen molar-refractivity contribution >= 4 is 38.9 Å². The van der Waals surface area contributed by atoms with Crippen LogP contribution in [0.5, 0.6) is 0 Å². The summed E-state index contributed by atoms with van der Waals surface area (Å²) in [6.07, 6.45) is 2.81. The molecule has 3 heterocycles. The van der Waals surface area contributed by atoms with Crippen LogP contribution >= 0.6 is 28.1 Å². The fourth-order valence-electron chi connectivity index (χ4n) is 4.10. The molecule has 0 aliphatic carbocycles. The van der Waals surface area contributed by atoms with E-state index in [-0.39, 0.29) is 12.1 Å². The second-order valence-corrected chi connectivity index (χ2v) is 9.03. The second-order valence-electron chi connectivity index (χ2n) is 7.73. The van der Waals surface area contributed by atoms with Crippen LogP contribution in [0.3, 0.4) is 0 Å². The van der Waals surface area contributed by atoms with Crippen molar-refractivity contribution in [2.75, 3.05) is 4.90 Å². The van der Waals surface area contributed by atoms with Gasteiger partial charge in [0.25, 0.3) is 0 Å². The highest BCUT2D eigenvalue weighted by Gasteiger charge is 2.42. The summed E-state index contributed by atoms with van der Waals surface area (Å²) in [4.78, 5) is 6.74. The number of anilines is 1. The van der Waals surface area contributed by atoms with Crippen molar-refractivity contribution < 1.29 is 4.42 Å². The van der Waals surface area contributed by atoms with Crippen molar-refractivity contribution in [1.29, 1.82) is 0 Å². The van der Waals surface area contributed by atoms with E-state index >= 15 is 0 Å². The number of halogens is 1. The minimum atomic E-state index is -0.158. The topological polar surface area (TPSA) is 41.3 Å². The zero-order valence-corrected chi connectivity index (χ0v) is 19.9. The Bertz CT molecular complexity index is 1220. The van der Waals surface area contributed by atoms with Gasteiger partial charge in [0.2, 0.25) is 0 Å². The first kappa shape index (κ1) is 20.9. The zero-order valence-electron chi connectivity index (χ0n) is 17.5. The summed E-state index contributed by atoms with van der Waals surface area (Å²) in [5.41, 5.74) is 4.28. The summed E-state index contributed by atoms with van der Waals surface area (Å²) in [6, 6.07) is 26.4. The number of hydrogen-bond donors (Lipinski definition) is 1. The Kier molecular flexibility index (Phi) is 5.81. The number of rotatable bonds is 5. The first-order chi connectivity index (χ1) is 15.6. The van der Waals surface area contributed by atoms with E-state index in [9.17, 15) is 0 Å². The first-order valence-corrected chi connectivity index (χ1v) is 11.8. The van der Waals surface area contributed by atoms with E-state index in [2.05, 4.69) is 62.3 Å². The molecule has 0 saturated carbocycles. The van der Waals surface area contributed by atoms with Crippen molar-refractivity contribution in [3.63, 3.8) is 0 Å². The molecule has 0 radical (unpaired) electrons. The van der Waals surface area contributed by atoms with Gasteiger partial charge in [-0.05, 0) is 72.7 Å². The van der Waals surface area contributed by atoms with Crippen LogP contribution < -0.4 is 10.2 Å². The van der Waals surface area contributed by atoms with Gasteiger partial charge in [0.15, 0.2) is 5.11 Å². The van der Waals surface area contributed by atoms with E-state index in [0.717, 1.165) is 39.4 Å². The van der Waals surface area contributed by atoms with Gasteiger partial charge in [0.1, 0.15) is 17.6 Å². The third-order valence-electron chi connectivity index (χ3n) is 5.77. The van der Waals surface area contributed by atoms with Crippen molar-refractivity contribution in [1.82, 2.24) is 10.3 Å². The summed E-state index contributed by atoms with van der Waals surface area (Å²) in [7, 11) is 0. The summed E-state index contributed by atoms with van der Waals surface area (Å²) < 4.78 is 7.44. The van der Waals surface area contributed by atoms with Gasteiger partial charge in [-0.3, -0.25) is 4.98 Å². The Morgan fingerprint density at radius 1 is 1.00 bits per heavy atom. The smallest absolute Gasteiger partial charge is 0.174 e. The molecule has 1 aliphatic heterocycles. The molecular formula is C26H22BrN3OS. The van der Waals surface area contributed by atoms with Gasteiger partial charge in [-0.1, -0.05) is 53.2 Å². The van der Waals surface area contributed by atoms with Gasteiger partial charge in [0.05, 0.1) is 11.7 Å². The monoisotopic (exact) mass is 503 g/mol. The predicted molar refractivity (Wildman–Crippen MR) is 136 cm³/mol. The maximum atomic E-state index is 6.41. The van der Waals surface area contributed by atoms with E-state index in [1.165, 1.54) is 5.56 Å². The minimum Gasteiger partial charge on any atom is -0.459 e. The van der Waals surface area contributed by atoms with E-state index in [4.69, 9.17) is 16.6 Å². The highest BCUT2D eigenvalue weighted by molar-refractivity contribution is 9.10. The largest absolute Gasteiger partial charge is 0.459 e. The molecule has 4 aromatic rings. The van der Waals surface area contributed by atoms with Gasteiger partial charge < -0.3 is 14.6 Å². The van der Waals surface area contributed by atoms with Gasteiger partial charge >= 0.3 is 0 Å². The highest BCUT2D eigenvalue weighted by atomic mass is 79.9. The van der Waals surface area contributed by atoms with Crippen LogP contribution in [0.25, 0.3) is 11.3 Å². The standard InChI is InChI=1S/C26H22BrN3OS/c1-2-17-6-12-20(13-7-17)30-25(24(29-26(30)32)21-5-3-4-16-28-21)23-15-14-22(31-23)18-8-10-19(27)11-9-18/h3-16,24-25H,2H2,1H3,(H,29,32)/t24-,25-/m1/s1. The normalized spacial score (nSPS) is 18.1. The van der Waals surface area contributed by atoms with Crippen molar-refractivity contribution in [2.45, 2.75) is 25.4 Å². The number of thiocarbonyl (C=S) groups is 1. The average Bonchev–Trinajstić information content (AvgIpc) is 3.45. The molecule has 2 aromatic heterocycles. The van der Waals surface area contributed by atoms with Gasteiger partial charge in [-0.25, -0.2) is 0 Å². The number of aromatic nitrogens is 1. The van der Waals surface area contributed by atoms with Crippen molar-refractivity contribution in [3.8, 4) is 11.3 Å². The molecule has 160 valence electrons. The van der Waals surface area contributed by atoms with Crippen LogP contribution in [-0.4, -0.2) is 10.1 Å². The van der Waals surface area contributed by atoms with E-state index in [0.29, 0.717) is 5.11 Å². The SMILES string of the molecule is CCc1ccc(N2C(=S)N[C@H](c3ccccn3)[C@H]2c2ccc(-c3ccc(Br)cc3)o2)cc1. The average molecular weight is 504 g/mol. The molecule has 1 aliphatic rings. The van der Waals surface area contributed by atoms with Gasteiger partial charge in [-0.15, -0.1) is 0 Å². The molecule has 1 N–H and O–H groups in total. The van der Waals surface area contributed by atoms with Crippen LogP contribution in [0.15, 0.2) is 93.9 Å². The molecule has 0 amide bonds. The van der Waals surface area contributed by atoms with Gasteiger partial charge in [-0.2, -0.15) is 0 Å². The second kappa shape index (κ2) is 8.88. The number of nitrogens with one attached hydrogen (secondary N) is 1. The number of aryl methyl sites for hydroxylation is 1. The van der Waals surface area contributed by atoms with E-state index in [1.807, 2.05) is 60.8 Å². The van der Waals surface area contributed by atoms with E-state index in [1.54, 1.807) is 0 Å². The lowest BCUT2D eigenvalue weighted by atomic mass is 10.0. The molecule has 1 fully saturated rings. The Morgan fingerprint density at radius 3 is 2.47 bits per heavy atom. The van der Waals surface area contributed by atoms with Crippen LogP contribution in [0.2, 0.25) is 0 Å². The lowest BCUT2D eigenvalue weighted by Crippen LogP contribution is -2.29. The molecule has 0 unspecified atom stereocenters. The Hall–Kier alpha value is -2.96. The third-order valence-corrected chi connectivity index (χ3v) is 6.61. The fourth-order valence-corrected chi connectivity index (χ4v) is 4.71. The van der Waals surface area contributed by atoms with Crippen LogP contribution in [0.1, 0.15) is 36.0 Å². The lowest BCUT2D eigenvalue weighted by Gasteiger charge is -2.26. The first-order valence-electron chi connectivity index (χ1n) is 10.6. The van der Waals surface area contributed by atoms with Crippen molar-refractivity contribution in [2.24, 2.45) is 0 Å². The molecule has 0 bridgehead atoms. The lowest BCUT2D eigenvalue weighted by molar-refractivity contribution is 0.439.